The topological polar surface area (TPSA) is 63.3 Å². The lowest BCUT2D eigenvalue weighted by Gasteiger charge is -2.29. The molecule has 3 N–H and O–H groups in total. The van der Waals surface area contributed by atoms with Crippen molar-refractivity contribution in [2.24, 2.45) is 5.73 Å². The Balaban J connectivity index is 0.00000256. The van der Waals surface area contributed by atoms with Crippen LogP contribution in [0.3, 0.4) is 0 Å². The summed E-state index contributed by atoms with van der Waals surface area (Å²) in [5.74, 6) is -1.07. The van der Waals surface area contributed by atoms with E-state index in [4.69, 9.17) is 22.4 Å². The van der Waals surface area contributed by atoms with Gasteiger partial charge in [-0.1, -0.05) is 23.7 Å². The maximum atomic E-state index is 10.8. The fourth-order valence-corrected chi connectivity index (χ4v) is 1.81. The van der Waals surface area contributed by atoms with Crippen molar-refractivity contribution >= 4 is 30.0 Å². The van der Waals surface area contributed by atoms with Crippen molar-refractivity contribution in [3.05, 3.63) is 34.9 Å². The van der Waals surface area contributed by atoms with E-state index in [9.17, 15) is 4.79 Å². The second-order valence-electron chi connectivity index (χ2n) is 4.52. The number of aliphatic carboxylic acids is 1. The molecule has 0 aliphatic carbocycles. The Bertz CT molecular complexity index is 371. The lowest BCUT2D eigenvalue weighted by atomic mass is 9.80. The standard InChI is InChI=1S/C12H16ClNO2.ClH/c1-12(2,14)10(7-11(15)16)8-3-5-9(13)6-4-8;/h3-6,10H,7,14H2,1-2H3,(H,15,16);1H. The molecular weight excluding hydrogens is 261 g/mol. The Morgan fingerprint density at radius 1 is 1.41 bits per heavy atom. The molecular formula is C12H17Cl2NO2. The number of benzene rings is 1. The van der Waals surface area contributed by atoms with Crippen LogP contribution in [0.5, 0.6) is 0 Å². The van der Waals surface area contributed by atoms with Gasteiger partial charge in [0.05, 0.1) is 6.42 Å². The molecule has 1 rings (SSSR count). The summed E-state index contributed by atoms with van der Waals surface area (Å²) in [5, 5.41) is 9.51. The van der Waals surface area contributed by atoms with Crippen LogP contribution in [-0.2, 0) is 4.79 Å². The highest BCUT2D eigenvalue weighted by atomic mass is 35.5. The van der Waals surface area contributed by atoms with Crippen molar-refractivity contribution in [1.29, 1.82) is 0 Å². The highest BCUT2D eigenvalue weighted by Crippen LogP contribution is 2.30. The molecule has 96 valence electrons. The van der Waals surface area contributed by atoms with Crippen LogP contribution in [0.15, 0.2) is 24.3 Å². The third kappa shape index (κ3) is 4.94. The third-order valence-electron chi connectivity index (χ3n) is 2.55. The van der Waals surface area contributed by atoms with E-state index in [1.165, 1.54) is 0 Å². The first-order valence-corrected chi connectivity index (χ1v) is 5.44. The van der Waals surface area contributed by atoms with Gasteiger partial charge in [0.15, 0.2) is 0 Å². The quantitative estimate of drug-likeness (QED) is 0.889. The molecule has 0 spiro atoms. The average molecular weight is 278 g/mol. The summed E-state index contributed by atoms with van der Waals surface area (Å²) in [6.45, 7) is 3.66. The Hall–Kier alpha value is -0.770. The zero-order valence-electron chi connectivity index (χ0n) is 9.81. The number of nitrogens with two attached hydrogens (primary N) is 1. The summed E-state index contributed by atoms with van der Waals surface area (Å²) in [4.78, 5) is 10.8. The summed E-state index contributed by atoms with van der Waals surface area (Å²) in [5.41, 5.74) is 6.33. The number of rotatable bonds is 4. The predicted molar refractivity (Wildman–Crippen MR) is 72.0 cm³/mol. The van der Waals surface area contributed by atoms with Gasteiger partial charge in [-0.3, -0.25) is 4.79 Å². The fourth-order valence-electron chi connectivity index (χ4n) is 1.68. The molecule has 1 aromatic carbocycles. The Morgan fingerprint density at radius 2 is 1.88 bits per heavy atom. The summed E-state index contributed by atoms with van der Waals surface area (Å²) in [6, 6.07) is 7.14. The van der Waals surface area contributed by atoms with Gasteiger partial charge in [-0.2, -0.15) is 0 Å². The summed E-state index contributed by atoms with van der Waals surface area (Å²) >= 11 is 5.79. The van der Waals surface area contributed by atoms with Crippen molar-refractivity contribution in [3.8, 4) is 0 Å². The molecule has 0 bridgehead atoms. The Kier molecular flexibility index (Phi) is 5.96. The van der Waals surface area contributed by atoms with Crippen LogP contribution >= 0.6 is 24.0 Å². The third-order valence-corrected chi connectivity index (χ3v) is 2.80. The molecule has 0 aliphatic rings. The van der Waals surface area contributed by atoms with Crippen LogP contribution in [-0.4, -0.2) is 16.6 Å². The average Bonchev–Trinajstić information content (AvgIpc) is 2.14. The van der Waals surface area contributed by atoms with Gasteiger partial charge < -0.3 is 10.8 Å². The van der Waals surface area contributed by atoms with Crippen molar-refractivity contribution < 1.29 is 9.90 Å². The van der Waals surface area contributed by atoms with E-state index in [1.54, 1.807) is 12.1 Å². The molecule has 0 aliphatic heterocycles. The number of hydrogen-bond acceptors (Lipinski definition) is 2. The molecule has 17 heavy (non-hydrogen) atoms. The second kappa shape index (κ2) is 6.24. The van der Waals surface area contributed by atoms with Gasteiger partial charge in [-0.05, 0) is 31.5 Å². The van der Waals surface area contributed by atoms with Gasteiger partial charge in [-0.15, -0.1) is 12.4 Å². The highest BCUT2D eigenvalue weighted by molar-refractivity contribution is 6.30. The zero-order chi connectivity index (χ0) is 12.3. The molecule has 0 saturated heterocycles. The number of hydrogen-bond donors (Lipinski definition) is 2. The first kappa shape index (κ1) is 16.2. The molecule has 1 aromatic rings. The van der Waals surface area contributed by atoms with Crippen LogP contribution < -0.4 is 5.73 Å². The maximum Gasteiger partial charge on any atom is 0.304 e. The lowest BCUT2D eigenvalue weighted by Crippen LogP contribution is -2.40. The first-order valence-electron chi connectivity index (χ1n) is 5.07. The van der Waals surface area contributed by atoms with E-state index in [0.29, 0.717) is 5.02 Å². The normalized spacial score (nSPS) is 12.7. The minimum Gasteiger partial charge on any atom is -0.481 e. The molecule has 0 saturated carbocycles. The summed E-state index contributed by atoms with van der Waals surface area (Å²) < 4.78 is 0. The monoisotopic (exact) mass is 277 g/mol. The smallest absolute Gasteiger partial charge is 0.304 e. The van der Waals surface area contributed by atoms with E-state index < -0.39 is 11.5 Å². The largest absolute Gasteiger partial charge is 0.481 e. The van der Waals surface area contributed by atoms with Crippen molar-refractivity contribution in [2.45, 2.75) is 31.7 Å². The maximum absolute atomic E-state index is 10.8. The number of carboxylic acid groups (broad SMARTS) is 1. The van der Waals surface area contributed by atoms with E-state index in [0.717, 1.165) is 5.56 Å². The molecule has 1 unspecified atom stereocenters. The molecule has 5 heteroatoms. The van der Waals surface area contributed by atoms with Gasteiger partial charge in [0.1, 0.15) is 0 Å². The highest BCUT2D eigenvalue weighted by Gasteiger charge is 2.28. The van der Waals surface area contributed by atoms with Crippen LogP contribution in [0.25, 0.3) is 0 Å². The Labute approximate surface area is 112 Å². The molecule has 0 amide bonds. The molecule has 0 radical (unpaired) electrons. The molecule has 0 aromatic heterocycles. The number of halogens is 2. The summed E-state index contributed by atoms with van der Waals surface area (Å²) in [6.07, 6.45) is 0.0190. The van der Waals surface area contributed by atoms with Gasteiger partial charge in [-0.25, -0.2) is 0 Å². The van der Waals surface area contributed by atoms with Crippen molar-refractivity contribution in [1.82, 2.24) is 0 Å². The zero-order valence-corrected chi connectivity index (χ0v) is 11.4. The van der Waals surface area contributed by atoms with Gasteiger partial charge >= 0.3 is 5.97 Å². The van der Waals surface area contributed by atoms with E-state index in [2.05, 4.69) is 0 Å². The second-order valence-corrected chi connectivity index (χ2v) is 4.96. The number of carboxylic acids is 1. The van der Waals surface area contributed by atoms with Crippen LogP contribution in [0.4, 0.5) is 0 Å². The van der Waals surface area contributed by atoms with Crippen LogP contribution in [0, 0.1) is 0 Å². The van der Waals surface area contributed by atoms with Crippen LogP contribution in [0.1, 0.15) is 31.7 Å². The summed E-state index contributed by atoms with van der Waals surface area (Å²) in [7, 11) is 0. The Morgan fingerprint density at radius 3 is 2.24 bits per heavy atom. The molecule has 0 fully saturated rings. The van der Waals surface area contributed by atoms with E-state index >= 15 is 0 Å². The lowest BCUT2D eigenvalue weighted by molar-refractivity contribution is -0.137. The van der Waals surface area contributed by atoms with Crippen molar-refractivity contribution in [3.63, 3.8) is 0 Å². The van der Waals surface area contributed by atoms with Crippen molar-refractivity contribution in [2.75, 3.05) is 0 Å². The molecule has 3 nitrogen and oxygen atoms in total. The van der Waals surface area contributed by atoms with E-state index in [1.807, 2.05) is 26.0 Å². The minimum atomic E-state index is -0.849. The van der Waals surface area contributed by atoms with Gasteiger partial charge in [0, 0.05) is 16.5 Å². The van der Waals surface area contributed by atoms with Gasteiger partial charge in [0.2, 0.25) is 0 Å². The minimum absolute atomic E-state index is 0. The molecule has 0 heterocycles. The van der Waals surface area contributed by atoms with Crippen LogP contribution in [0.2, 0.25) is 5.02 Å². The molecule has 1 atom stereocenters. The fraction of sp³-hybridized carbons (Fsp3) is 0.417. The first-order chi connectivity index (χ1) is 7.30. The predicted octanol–water partition coefficient (Wildman–Crippen LogP) is 3.06. The SMILES string of the molecule is CC(C)(N)C(CC(=O)O)c1ccc(Cl)cc1.Cl. The van der Waals surface area contributed by atoms with Gasteiger partial charge in [0.25, 0.3) is 0 Å². The van der Waals surface area contributed by atoms with E-state index in [-0.39, 0.29) is 24.7 Å². The number of carbonyl (C=O) groups is 1.